The lowest BCUT2D eigenvalue weighted by Gasteiger charge is -2.25. The number of hydrogen-bond acceptors (Lipinski definition) is 4. The average Bonchev–Trinajstić information content (AvgIpc) is 2.37. The minimum Gasteiger partial charge on any atom is -0.465 e. The summed E-state index contributed by atoms with van der Waals surface area (Å²) in [4.78, 5) is 20.5. The molecule has 18 heavy (non-hydrogen) atoms. The Bertz CT molecular complexity index is 455. The summed E-state index contributed by atoms with van der Waals surface area (Å²) < 4.78 is 12.4. The van der Waals surface area contributed by atoms with Crippen molar-refractivity contribution in [3.05, 3.63) is 17.5 Å². The number of carbonyl (C=O) groups is 1. The Morgan fingerprint density at radius 3 is 3.17 bits per heavy atom. The molecule has 1 aromatic rings. The van der Waals surface area contributed by atoms with Crippen LogP contribution >= 0.6 is 0 Å². The highest BCUT2D eigenvalue weighted by atomic mass is 19.1. The zero-order valence-corrected chi connectivity index (χ0v) is 10.1. The fourth-order valence-corrected chi connectivity index (χ4v) is 1.79. The van der Waals surface area contributed by atoms with Crippen LogP contribution in [0.3, 0.4) is 0 Å². The molecule has 0 saturated heterocycles. The Morgan fingerprint density at radius 2 is 2.50 bits per heavy atom. The molecule has 7 heteroatoms. The van der Waals surface area contributed by atoms with Crippen LogP contribution in [0.25, 0.3) is 0 Å². The Morgan fingerprint density at radius 1 is 1.72 bits per heavy atom. The van der Waals surface area contributed by atoms with E-state index in [-0.39, 0.29) is 12.6 Å². The number of alkyl halides is 1. The first-order valence-corrected chi connectivity index (χ1v) is 5.75. The molecule has 0 aliphatic carbocycles. The fraction of sp³-hybridized carbons (Fsp3) is 0.545. The molecule has 1 atom stereocenters. The van der Waals surface area contributed by atoms with Gasteiger partial charge in [0.15, 0.2) is 0 Å². The summed E-state index contributed by atoms with van der Waals surface area (Å²) in [5, 5.41) is 11.8. The number of hydrogen-bond donors (Lipinski definition) is 2. The van der Waals surface area contributed by atoms with Crippen LogP contribution in [0.1, 0.15) is 18.2 Å². The lowest BCUT2D eigenvalue weighted by Crippen LogP contribution is -2.35. The van der Waals surface area contributed by atoms with Gasteiger partial charge in [0, 0.05) is 12.7 Å². The van der Waals surface area contributed by atoms with Gasteiger partial charge >= 0.3 is 6.09 Å². The van der Waals surface area contributed by atoms with Gasteiger partial charge in [0.1, 0.15) is 6.67 Å². The summed E-state index contributed by atoms with van der Waals surface area (Å²) in [6, 6.07) is -0.359. The van der Waals surface area contributed by atoms with Gasteiger partial charge in [-0.15, -0.1) is 0 Å². The Kier molecular flexibility index (Phi) is 3.59. The molecule has 0 aromatic carbocycles. The molecule has 2 N–H and O–H groups in total. The van der Waals surface area contributed by atoms with Gasteiger partial charge in [0.25, 0.3) is 0 Å². The van der Waals surface area contributed by atoms with E-state index in [4.69, 9.17) is 5.11 Å². The first kappa shape index (κ1) is 12.5. The first-order chi connectivity index (χ1) is 8.60. The monoisotopic (exact) mass is 254 g/mol. The van der Waals surface area contributed by atoms with E-state index < -0.39 is 12.8 Å². The predicted molar refractivity (Wildman–Crippen MR) is 63.2 cm³/mol. The quantitative estimate of drug-likeness (QED) is 0.849. The van der Waals surface area contributed by atoms with Crippen LogP contribution in [0.4, 0.5) is 15.1 Å². The molecule has 0 radical (unpaired) electrons. The van der Waals surface area contributed by atoms with Gasteiger partial charge in [-0.05, 0) is 18.9 Å². The molecule has 0 fully saturated rings. The summed E-state index contributed by atoms with van der Waals surface area (Å²) in [5.74, 6) is 0.339. The van der Waals surface area contributed by atoms with Crippen molar-refractivity contribution in [3.63, 3.8) is 0 Å². The van der Waals surface area contributed by atoms with Gasteiger partial charge in [-0.3, -0.25) is 0 Å². The van der Waals surface area contributed by atoms with E-state index in [2.05, 4.69) is 15.3 Å². The highest BCUT2D eigenvalue weighted by Gasteiger charge is 2.21. The maximum atomic E-state index is 12.4. The topological polar surface area (TPSA) is 78.4 Å². The molecule has 0 bridgehead atoms. The van der Waals surface area contributed by atoms with Crippen LogP contribution in [0, 0.1) is 0 Å². The van der Waals surface area contributed by atoms with E-state index in [1.807, 2.05) is 0 Å². The molecular weight excluding hydrogens is 239 g/mol. The summed E-state index contributed by atoms with van der Waals surface area (Å²) in [7, 11) is 0. The Balaban J connectivity index is 2.15. The minimum atomic E-state index is -0.953. The summed E-state index contributed by atoms with van der Waals surface area (Å²) in [6.45, 7) is 1.89. The standard InChI is InChI=1S/C11H15FN4O2/c1-7(4-12)14-10-13-5-8-2-3-16(11(17)18)6-9(8)15-10/h5,7H,2-4,6H2,1H3,(H,17,18)(H,13,14,15)/t7-/m1/s1. The van der Waals surface area contributed by atoms with E-state index in [0.717, 1.165) is 5.56 Å². The summed E-state index contributed by atoms with van der Waals surface area (Å²) >= 11 is 0. The van der Waals surface area contributed by atoms with Gasteiger partial charge in [-0.2, -0.15) is 0 Å². The average molecular weight is 254 g/mol. The maximum absolute atomic E-state index is 12.4. The first-order valence-electron chi connectivity index (χ1n) is 5.75. The highest BCUT2D eigenvalue weighted by Crippen LogP contribution is 2.17. The predicted octanol–water partition coefficient (Wildman–Crippen LogP) is 1.28. The number of amides is 1. The maximum Gasteiger partial charge on any atom is 0.407 e. The highest BCUT2D eigenvalue weighted by molar-refractivity contribution is 5.65. The van der Waals surface area contributed by atoms with Crippen LogP contribution in [-0.2, 0) is 13.0 Å². The van der Waals surface area contributed by atoms with Crippen LogP contribution in [0.15, 0.2) is 6.20 Å². The van der Waals surface area contributed by atoms with E-state index in [1.54, 1.807) is 13.1 Å². The lowest BCUT2D eigenvalue weighted by molar-refractivity contribution is 0.139. The molecule has 0 spiro atoms. The second-order valence-electron chi connectivity index (χ2n) is 4.32. The Labute approximate surface area is 104 Å². The second-order valence-corrected chi connectivity index (χ2v) is 4.32. The zero-order valence-electron chi connectivity index (χ0n) is 10.1. The molecule has 1 aromatic heterocycles. The number of fused-ring (bicyclic) bond motifs is 1. The second kappa shape index (κ2) is 5.16. The van der Waals surface area contributed by atoms with Crippen molar-refractivity contribution in [1.29, 1.82) is 0 Å². The van der Waals surface area contributed by atoms with E-state index in [1.165, 1.54) is 4.90 Å². The molecular formula is C11H15FN4O2. The van der Waals surface area contributed by atoms with Crippen LogP contribution in [0.2, 0.25) is 0 Å². The van der Waals surface area contributed by atoms with Crippen molar-refractivity contribution in [2.24, 2.45) is 0 Å². The molecule has 6 nitrogen and oxygen atoms in total. The molecule has 0 unspecified atom stereocenters. The van der Waals surface area contributed by atoms with Crippen molar-refractivity contribution in [2.45, 2.75) is 25.9 Å². The molecule has 1 aliphatic rings. The van der Waals surface area contributed by atoms with Gasteiger partial charge < -0.3 is 15.3 Å². The third-order valence-electron chi connectivity index (χ3n) is 2.82. The van der Waals surface area contributed by atoms with Crippen LogP contribution in [0.5, 0.6) is 0 Å². The van der Waals surface area contributed by atoms with E-state index in [0.29, 0.717) is 24.6 Å². The number of aromatic nitrogens is 2. The van der Waals surface area contributed by atoms with Crippen LogP contribution in [-0.4, -0.2) is 45.3 Å². The normalized spacial score (nSPS) is 16.0. The van der Waals surface area contributed by atoms with Crippen molar-refractivity contribution < 1.29 is 14.3 Å². The van der Waals surface area contributed by atoms with Gasteiger partial charge in [-0.1, -0.05) is 0 Å². The van der Waals surface area contributed by atoms with Crippen molar-refractivity contribution in [3.8, 4) is 0 Å². The van der Waals surface area contributed by atoms with Gasteiger partial charge in [-0.25, -0.2) is 19.2 Å². The minimum absolute atomic E-state index is 0.256. The van der Waals surface area contributed by atoms with Crippen LogP contribution < -0.4 is 5.32 Å². The van der Waals surface area contributed by atoms with E-state index >= 15 is 0 Å². The molecule has 98 valence electrons. The zero-order chi connectivity index (χ0) is 13.1. The molecule has 1 amide bonds. The number of anilines is 1. The smallest absolute Gasteiger partial charge is 0.407 e. The SMILES string of the molecule is C[C@H](CF)Nc1ncc2c(n1)CN(C(=O)O)CC2. The van der Waals surface area contributed by atoms with Gasteiger partial charge in [0.2, 0.25) is 5.95 Å². The molecule has 1 aliphatic heterocycles. The number of rotatable bonds is 3. The number of nitrogens with zero attached hydrogens (tertiary/aromatic N) is 3. The summed E-state index contributed by atoms with van der Waals surface area (Å²) in [5.41, 5.74) is 1.64. The molecule has 2 heterocycles. The van der Waals surface area contributed by atoms with Crippen molar-refractivity contribution >= 4 is 12.0 Å². The summed E-state index contributed by atoms with van der Waals surface area (Å²) in [6.07, 6.45) is 1.33. The molecule has 2 rings (SSSR count). The third kappa shape index (κ3) is 2.66. The molecule has 0 saturated carbocycles. The van der Waals surface area contributed by atoms with E-state index in [9.17, 15) is 9.18 Å². The number of carboxylic acid groups (broad SMARTS) is 1. The number of halogens is 1. The lowest BCUT2D eigenvalue weighted by atomic mass is 10.1. The fourth-order valence-electron chi connectivity index (χ4n) is 1.79. The Hall–Kier alpha value is -1.92. The van der Waals surface area contributed by atoms with Crippen molar-refractivity contribution in [1.82, 2.24) is 14.9 Å². The third-order valence-corrected chi connectivity index (χ3v) is 2.82. The number of nitrogens with one attached hydrogen (secondary N) is 1. The largest absolute Gasteiger partial charge is 0.465 e. The van der Waals surface area contributed by atoms with Crippen molar-refractivity contribution in [2.75, 3.05) is 18.5 Å². The van der Waals surface area contributed by atoms with Gasteiger partial charge in [0.05, 0.1) is 18.3 Å².